The van der Waals surface area contributed by atoms with Crippen molar-refractivity contribution in [2.24, 2.45) is 0 Å². The van der Waals surface area contributed by atoms with Crippen LogP contribution in [0.2, 0.25) is 0 Å². The largest absolute Gasteiger partial charge is 0.481 e. The third-order valence-corrected chi connectivity index (χ3v) is 4.41. The van der Waals surface area contributed by atoms with Gasteiger partial charge in [-0.3, -0.25) is 14.9 Å². The molecule has 0 bridgehead atoms. The third-order valence-electron chi connectivity index (χ3n) is 2.92. The molecule has 0 saturated heterocycles. The highest BCUT2D eigenvalue weighted by molar-refractivity contribution is 7.89. The summed E-state index contributed by atoms with van der Waals surface area (Å²) in [7, 11) is -4.07. The fraction of sp³-hybridized carbons (Fsp3) is 0.154. The Labute approximate surface area is 130 Å². The van der Waals surface area contributed by atoms with Crippen LogP contribution in [0.3, 0.4) is 0 Å². The van der Waals surface area contributed by atoms with Crippen LogP contribution in [0, 0.1) is 10.1 Å². The van der Waals surface area contributed by atoms with Crippen molar-refractivity contribution < 1.29 is 27.7 Å². The van der Waals surface area contributed by atoms with Gasteiger partial charge in [0.2, 0.25) is 10.0 Å². The number of rotatable bonds is 7. The van der Waals surface area contributed by atoms with E-state index in [2.05, 4.69) is 4.72 Å². The molecule has 0 spiro atoms. The van der Waals surface area contributed by atoms with Gasteiger partial charge in [-0.15, -0.1) is 0 Å². The number of furan rings is 1. The molecule has 1 aromatic heterocycles. The molecule has 0 aliphatic carbocycles. The van der Waals surface area contributed by atoms with E-state index in [0.717, 1.165) is 24.3 Å². The van der Waals surface area contributed by atoms with Crippen LogP contribution in [0.1, 0.15) is 18.2 Å². The maximum atomic E-state index is 12.3. The first-order chi connectivity index (χ1) is 10.8. The van der Waals surface area contributed by atoms with Gasteiger partial charge >= 0.3 is 5.97 Å². The molecule has 2 N–H and O–H groups in total. The molecule has 0 radical (unpaired) electrons. The SMILES string of the molecule is O=C(O)C[C@H](NS(=O)(=O)c1ccc([N+](=O)[O-])cc1)c1ccco1. The maximum Gasteiger partial charge on any atom is 0.305 e. The van der Waals surface area contributed by atoms with Crippen LogP contribution in [0.5, 0.6) is 0 Å². The molecule has 10 heteroatoms. The van der Waals surface area contributed by atoms with Gasteiger partial charge in [-0.1, -0.05) is 0 Å². The van der Waals surface area contributed by atoms with E-state index in [4.69, 9.17) is 9.52 Å². The Hall–Kier alpha value is -2.72. The minimum Gasteiger partial charge on any atom is -0.481 e. The number of carbonyl (C=O) groups is 1. The molecule has 1 aromatic carbocycles. The van der Waals surface area contributed by atoms with Crippen molar-refractivity contribution in [3.63, 3.8) is 0 Å². The summed E-state index contributed by atoms with van der Waals surface area (Å²) >= 11 is 0. The molecule has 1 heterocycles. The van der Waals surface area contributed by atoms with E-state index in [1.54, 1.807) is 0 Å². The van der Waals surface area contributed by atoms with Crippen molar-refractivity contribution in [2.75, 3.05) is 0 Å². The molecule has 0 saturated carbocycles. The molecule has 2 rings (SSSR count). The second-order valence-corrected chi connectivity index (χ2v) is 6.25. The number of nitrogens with one attached hydrogen (secondary N) is 1. The van der Waals surface area contributed by atoms with Gasteiger partial charge in [0.05, 0.1) is 28.5 Å². The Bertz CT molecular complexity index is 797. The van der Waals surface area contributed by atoms with Gasteiger partial charge in [-0.2, -0.15) is 4.72 Å². The lowest BCUT2D eigenvalue weighted by molar-refractivity contribution is -0.384. The lowest BCUT2D eigenvalue weighted by Crippen LogP contribution is -2.30. The van der Waals surface area contributed by atoms with E-state index in [1.165, 1.54) is 18.4 Å². The van der Waals surface area contributed by atoms with Gasteiger partial charge in [0.15, 0.2) is 0 Å². The molecule has 23 heavy (non-hydrogen) atoms. The van der Waals surface area contributed by atoms with Crippen molar-refractivity contribution in [3.05, 3.63) is 58.5 Å². The standard InChI is InChI=1S/C13H12N2O7S/c16-13(17)8-11(12-2-1-7-22-12)14-23(20,21)10-5-3-9(4-6-10)15(18)19/h1-7,11,14H,8H2,(H,16,17)/t11-/m0/s1. The van der Waals surface area contributed by atoms with E-state index in [-0.39, 0.29) is 16.3 Å². The summed E-state index contributed by atoms with van der Waals surface area (Å²) in [6.07, 6.45) is 0.782. The number of hydrogen-bond donors (Lipinski definition) is 2. The number of nitro groups is 1. The summed E-state index contributed by atoms with van der Waals surface area (Å²) in [4.78, 5) is 20.6. The highest BCUT2D eigenvalue weighted by Crippen LogP contribution is 2.22. The van der Waals surface area contributed by atoms with Crippen LogP contribution in [-0.2, 0) is 14.8 Å². The molecule has 1 atom stereocenters. The second kappa shape index (κ2) is 6.58. The number of benzene rings is 1. The zero-order valence-corrected chi connectivity index (χ0v) is 12.4. The average molecular weight is 340 g/mol. The first-order valence-electron chi connectivity index (χ1n) is 6.31. The number of sulfonamides is 1. The molecular weight excluding hydrogens is 328 g/mol. The number of hydrogen-bond acceptors (Lipinski definition) is 6. The summed E-state index contributed by atoms with van der Waals surface area (Å²) in [5.41, 5.74) is -0.253. The zero-order chi connectivity index (χ0) is 17.0. The molecule has 0 aliphatic rings. The molecule has 2 aromatic rings. The lowest BCUT2D eigenvalue weighted by Gasteiger charge is -2.14. The maximum absolute atomic E-state index is 12.3. The molecule has 0 aliphatic heterocycles. The van der Waals surface area contributed by atoms with Crippen LogP contribution < -0.4 is 4.72 Å². The summed E-state index contributed by atoms with van der Waals surface area (Å²) < 4.78 is 31.8. The topological polar surface area (TPSA) is 140 Å². The quantitative estimate of drug-likeness (QED) is 0.577. The predicted molar refractivity (Wildman–Crippen MR) is 77.1 cm³/mol. The minimum absolute atomic E-state index is 0.151. The van der Waals surface area contributed by atoms with Crippen LogP contribution in [0.15, 0.2) is 52.0 Å². The van der Waals surface area contributed by atoms with E-state index < -0.39 is 33.4 Å². The molecular formula is C13H12N2O7S. The van der Waals surface area contributed by atoms with Crippen LogP contribution in [-0.4, -0.2) is 24.4 Å². The van der Waals surface area contributed by atoms with Gasteiger partial charge in [-0.25, -0.2) is 8.42 Å². The van der Waals surface area contributed by atoms with Crippen LogP contribution in [0.25, 0.3) is 0 Å². The molecule has 122 valence electrons. The van der Waals surface area contributed by atoms with Gasteiger partial charge in [0.25, 0.3) is 5.69 Å². The smallest absolute Gasteiger partial charge is 0.305 e. The number of carboxylic acid groups (broad SMARTS) is 1. The van der Waals surface area contributed by atoms with Gasteiger partial charge < -0.3 is 9.52 Å². The second-order valence-electron chi connectivity index (χ2n) is 4.54. The van der Waals surface area contributed by atoms with Crippen molar-refractivity contribution in [1.82, 2.24) is 4.72 Å². The van der Waals surface area contributed by atoms with E-state index in [1.807, 2.05) is 0 Å². The summed E-state index contributed by atoms with van der Waals surface area (Å²) in [6.45, 7) is 0. The van der Waals surface area contributed by atoms with Gasteiger partial charge in [-0.05, 0) is 24.3 Å². The average Bonchev–Trinajstić information content (AvgIpc) is 3.00. The third kappa shape index (κ3) is 4.14. The molecule has 0 unspecified atom stereocenters. The summed E-state index contributed by atoms with van der Waals surface area (Å²) in [5, 5.41) is 19.5. The van der Waals surface area contributed by atoms with E-state index in [9.17, 15) is 23.3 Å². The van der Waals surface area contributed by atoms with Crippen LogP contribution >= 0.6 is 0 Å². The number of nitro benzene ring substituents is 1. The van der Waals surface area contributed by atoms with E-state index >= 15 is 0 Å². The fourth-order valence-electron chi connectivity index (χ4n) is 1.87. The predicted octanol–water partition coefficient (Wildman–Crippen LogP) is 1.68. The normalized spacial score (nSPS) is 12.7. The molecule has 0 fully saturated rings. The number of nitrogens with zero attached hydrogens (tertiary/aromatic N) is 1. The monoisotopic (exact) mass is 340 g/mol. The van der Waals surface area contributed by atoms with Crippen LogP contribution in [0.4, 0.5) is 5.69 Å². The van der Waals surface area contributed by atoms with Crippen molar-refractivity contribution >= 4 is 21.7 Å². The Morgan fingerprint density at radius 3 is 2.43 bits per heavy atom. The Morgan fingerprint density at radius 2 is 1.96 bits per heavy atom. The first-order valence-corrected chi connectivity index (χ1v) is 7.80. The number of aliphatic carboxylic acids is 1. The van der Waals surface area contributed by atoms with Crippen molar-refractivity contribution in [2.45, 2.75) is 17.4 Å². The van der Waals surface area contributed by atoms with E-state index in [0.29, 0.717) is 0 Å². The lowest BCUT2D eigenvalue weighted by atomic mass is 10.2. The Kier molecular flexibility index (Phi) is 4.77. The highest BCUT2D eigenvalue weighted by Gasteiger charge is 2.25. The number of non-ortho nitro benzene ring substituents is 1. The van der Waals surface area contributed by atoms with Crippen molar-refractivity contribution in [3.8, 4) is 0 Å². The zero-order valence-electron chi connectivity index (χ0n) is 11.6. The molecule has 0 amide bonds. The summed E-state index contributed by atoms with van der Waals surface area (Å²) in [6, 6.07) is 6.10. The van der Waals surface area contributed by atoms with Crippen molar-refractivity contribution in [1.29, 1.82) is 0 Å². The first kappa shape index (κ1) is 16.6. The Morgan fingerprint density at radius 1 is 1.30 bits per heavy atom. The minimum atomic E-state index is -4.07. The fourth-order valence-corrected chi connectivity index (χ4v) is 3.07. The summed E-state index contributed by atoms with van der Waals surface area (Å²) in [5.74, 6) is -1.06. The Balaban J connectivity index is 2.27. The van der Waals surface area contributed by atoms with Gasteiger partial charge in [0, 0.05) is 12.1 Å². The highest BCUT2D eigenvalue weighted by atomic mass is 32.2. The van der Waals surface area contributed by atoms with Gasteiger partial charge in [0.1, 0.15) is 5.76 Å². The number of carboxylic acids is 1. The molecule has 9 nitrogen and oxygen atoms in total.